The van der Waals surface area contributed by atoms with Crippen molar-refractivity contribution in [2.75, 3.05) is 7.05 Å². The van der Waals surface area contributed by atoms with Crippen molar-refractivity contribution < 1.29 is 4.79 Å². The number of hydrogen-bond acceptors (Lipinski definition) is 1. The Hall–Kier alpha value is -1.05. The summed E-state index contributed by atoms with van der Waals surface area (Å²) in [6.07, 6.45) is 18.4. The van der Waals surface area contributed by atoms with Crippen molar-refractivity contribution in [2.24, 2.45) is 29.1 Å². The Bertz CT molecular complexity index is 522. The number of likely N-dealkylation sites (N-methyl/N-ethyl adjacent to an activating group) is 1. The predicted octanol–water partition coefficient (Wildman–Crippen LogP) is 4.18. The van der Waals surface area contributed by atoms with E-state index >= 15 is 0 Å². The molecular formula is C20H29NO. The monoisotopic (exact) mass is 299 g/mol. The number of fused-ring (bicyclic) bond motifs is 5. The van der Waals surface area contributed by atoms with Crippen LogP contribution in [-0.4, -0.2) is 23.9 Å². The highest BCUT2D eigenvalue weighted by molar-refractivity contribution is 5.89. The van der Waals surface area contributed by atoms with E-state index in [0.717, 1.165) is 23.7 Å². The second-order valence-electron chi connectivity index (χ2n) is 8.28. The number of carbonyl (C=O) groups is 1. The minimum atomic E-state index is 0.184. The average Bonchev–Trinajstić information content (AvgIpc) is 2.93. The van der Waals surface area contributed by atoms with Gasteiger partial charge in [0, 0.05) is 18.5 Å². The zero-order valence-electron chi connectivity index (χ0n) is 14.0. The van der Waals surface area contributed by atoms with E-state index in [0.29, 0.717) is 6.04 Å². The van der Waals surface area contributed by atoms with Crippen molar-refractivity contribution in [3.8, 4) is 0 Å². The molecule has 0 aromatic heterocycles. The number of allylic oxidation sites excluding steroid dienone is 2. The van der Waals surface area contributed by atoms with Crippen LogP contribution in [0.3, 0.4) is 0 Å². The van der Waals surface area contributed by atoms with Crippen LogP contribution >= 0.6 is 0 Å². The number of carbonyl (C=O) groups excluding carboxylic acids is 1. The van der Waals surface area contributed by atoms with Crippen LogP contribution in [0.4, 0.5) is 0 Å². The van der Waals surface area contributed by atoms with Crippen LogP contribution in [0, 0.1) is 29.1 Å². The fourth-order valence-electron chi connectivity index (χ4n) is 6.31. The van der Waals surface area contributed by atoms with Crippen molar-refractivity contribution in [1.29, 1.82) is 0 Å². The minimum absolute atomic E-state index is 0.184. The van der Waals surface area contributed by atoms with E-state index < -0.39 is 0 Å². The fraction of sp³-hybridized carbons (Fsp3) is 0.750. The van der Waals surface area contributed by atoms with E-state index in [2.05, 4.69) is 25.2 Å². The third kappa shape index (κ3) is 2.02. The van der Waals surface area contributed by atoms with Gasteiger partial charge in [0.2, 0.25) is 5.91 Å². The number of nitrogens with zero attached hydrogens (tertiary/aromatic N) is 1. The normalized spacial score (nSPS) is 47.5. The van der Waals surface area contributed by atoms with E-state index in [1.165, 1.54) is 44.9 Å². The molecule has 4 aliphatic rings. The molecule has 3 aliphatic carbocycles. The molecule has 0 aromatic carbocycles. The molecule has 6 atom stereocenters. The molecule has 0 aromatic rings. The van der Waals surface area contributed by atoms with Gasteiger partial charge in [0.05, 0.1) is 0 Å². The van der Waals surface area contributed by atoms with E-state index in [1.54, 1.807) is 0 Å². The molecule has 22 heavy (non-hydrogen) atoms. The molecule has 4 rings (SSSR count). The molecule has 120 valence electrons. The Morgan fingerprint density at radius 1 is 1.14 bits per heavy atom. The first-order valence-electron chi connectivity index (χ1n) is 9.24. The standard InChI is InChI=1S/C20H29NO/c1-20-13-12-19(22)21(2)18(20)11-10-16-15-8-5-7-14(15)6-3-4-9-17(16)20/h3,6,12-18H,4-5,7-11H2,1-2H3/t14?,15?,16-,17?,18?,20+/m0/s1. The number of rotatable bonds is 0. The van der Waals surface area contributed by atoms with Gasteiger partial charge in [-0.2, -0.15) is 0 Å². The van der Waals surface area contributed by atoms with E-state index in [1.807, 2.05) is 18.0 Å². The van der Waals surface area contributed by atoms with E-state index in [4.69, 9.17) is 0 Å². The summed E-state index contributed by atoms with van der Waals surface area (Å²) in [6.45, 7) is 2.43. The van der Waals surface area contributed by atoms with Gasteiger partial charge in [-0.05, 0) is 68.3 Å². The molecule has 0 bridgehead atoms. The smallest absolute Gasteiger partial charge is 0.246 e. The van der Waals surface area contributed by atoms with Crippen LogP contribution in [0.15, 0.2) is 24.3 Å². The maximum absolute atomic E-state index is 12.1. The molecule has 2 heteroatoms. The Labute approximate surface area is 134 Å². The van der Waals surface area contributed by atoms with Crippen LogP contribution in [0.1, 0.15) is 51.9 Å². The number of amides is 1. The van der Waals surface area contributed by atoms with Gasteiger partial charge >= 0.3 is 0 Å². The molecule has 1 amide bonds. The molecule has 4 unspecified atom stereocenters. The number of hydrogen-bond donors (Lipinski definition) is 0. The lowest BCUT2D eigenvalue weighted by Gasteiger charge is -2.56. The molecule has 1 heterocycles. The summed E-state index contributed by atoms with van der Waals surface area (Å²) in [5.74, 6) is 3.54. The van der Waals surface area contributed by atoms with Crippen molar-refractivity contribution in [3.63, 3.8) is 0 Å². The summed E-state index contributed by atoms with van der Waals surface area (Å²) in [4.78, 5) is 14.1. The van der Waals surface area contributed by atoms with Gasteiger partial charge in [0.1, 0.15) is 0 Å². The SMILES string of the molecule is CN1C(=O)C=C[C@]2(C)C3CCC=CC4CCCC4[C@@H]3CCC12. The van der Waals surface area contributed by atoms with Crippen LogP contribution in [0.25, 0.3) is 0 Å². The second-order valence-corrected chi connectivity index (χ2v) is 8.28. The first-order chi connectivity index (χ1) is 10.6. The molecule has 2 nitrogen and oxygen atoms in total. The Morgan fingerprint density at radius 2 is 2.00 bits per heavy atom. The molecular weight excluding hydrogens is 270 g/mol. The van der Waals surface area contributed by atoms with E-state index in [-0.39, 0.29) is 11.3 Å². The summed E-state index contributed by atoms with van der Waals surface area (Å²) in [5, 5.41) is 0. The molecule has 2 fully saturated rings. The van der Waals surface area contributed by atoms with Crippen molar-refractivity contribution in [3.05, 3.63) is 24.3 Å². The molecule has 1 aliphatic heterocycles. The van der Waals surface area contributed by atoms with E-state index in [9.17, 15) is 4.79 Å². The lowest BCUT2D eigenvalue weighted by Crippen LogP contribution is -2.57. The summed E-state index contributed by atoms with van der Waals surface area (Å²) in [7, 11) is 2.01. The van der Waals surface area contributed by atoms with Gasteiger partial charge in [0.15, 0.2) is 0 Å². The quantitative estimate of drug-likeness (QED) is 0.614. The molecule has 2 saturated carbocycles. The zero-order chi connectivity index (χ0) is 15.3. The zero-order valence-corrected chi connectivity index (χ0v) is 14.0. The highest BCUT2D eigenvalue weighted by Gasteiger charge is 2.53. The first kappa shape index (κ1) is 14.5. The van der Waals surface area contributed by atoms with Crippen molar-refractivity contribution in [1.82, 2.24) is 4.90 Å². The first-order valence-corrected chi connectivity index (χ1v) is 9.24. The Morgan fingerprint density at radius 3 is 2.86 bits per heavy atom. The topological polar surface area (TPSA) is 20.3 Å². The average molecular weight is 299 g/mol. The van der Waals surface area contributed by atoms with Crippen molar-refractivity contribution >= 4 is 5.91 Å². The third-order valence-corrected chi connectivity index (χ3v) is 7.41. The summed E-state index contributed by atoms with van der Waals surface area (Å²) in [5.41, 5.74) is 0.184. The lowest BCUT2D eigenvalue weighted by atomic mass is 9.53. The largest absolute Gasteiger partial charge is 0.338 e. The summed E-state index contributed by atoms with van der Waals surface area (Å²) in [6, 6.07) is 0.412. The Kier molecular flexibility index (Phi) is 3.47. The van der Waals surface area contributed by atoms with Gasteiger partial charge in [-0.15, -0.1) is 0 Å². The molecule has 0 spiro atoms. The molecule has 0 saturated heterocycles. The minimum Gasteiger partial charge on any atom is -0.338 e. The maximum Gasteiger partial charge on any atom is 0.246 e. The highest BCUT2D eigenvalue weighted by Crippen LogP contribution is 2.56. The third-order valence-electron chi connectivity index (χ3n) is 7.41. The maximum atomic E-state index is 12.1. The van der Waals surface area contributed by atoms with Gasteiger partial charge in [-0.25, -0.2) is 0 Å². The second kappa shape index (κ2) is 5.25. The van der Waals surface area contributed by atoms with Gasteiger partial charge in [-0.3, -0.25) is 4.79 Å². The van der Waals surface area contributed by atoms with Gasteiger partial charge in [-0.1, -0.05) is 31.6 Å². The van der Waals surface area contributed by atoms with Crippen LogP contribution in [0.2, 0.25) is 0 Å². The fourth-order valence-corrected chi connectivity index (χ4v) is 6.31. The van der Waals surface area contributed by atoms with Crippen molar-refractivity contribution in [2.45, 2.75) is 57.9 Å². The highest BCUT2D eigenvalue weighted by atomic mass is 16.2. The van der Waals surface area contributed by atoms with Gasteiger partial charge in [0.25, 0.3) is 0 Å². The predicted molar refractivity (Wildman–Crippen MR) is 89.2 cm³/mol. The van der Waals surface area contributed by atoms with Crippen LogP contribution in [-0.2, 0) is 4.79 Å². The molecule has 0 radical (unpaired) electrons. The van der Waals surface area contributed by atoms with Crippen LogP contribution < -0.4 is 0 Å². The summed E-state index contributed by atoms with van der Waals surface area (Å²) >= 11 is 0. The lowest BCUT2D eigenvalue weighted by molar-refractivity contribution is -0.134. The molecule has 0 N–H and O–H groups in total. The summed E-state index contributed by atoms with van der Waals surface area (Å²) < 4.78 is 0. The van der Waals surface area contributed by atoms with Crippen LogP contribution in [0.5, 0.6) is 0 Å². The van der Waals surface area contributed by atoms with Gasteiger partial charge < -0.3 is 4.90 Å². The Balaban J connectivity index is 1.72.